The van der Waals surface area contributed by atoms with E-state index in [1.54, 1.807) is 0 Å². The van der Waals surface area contributed by atoms with Gasteiger partial charge in [0.2, 0.25) is 0 Å². The standard InChI is InChI=1S/3C4H8N.BrH.F6P.Lr/c3*1-2-4-5-3-1;;1-7(2,3,4,5)6;/h3*1-4H2;1H;;/q3*-1;;-1;+4/p-1. The molecule has 3 fully saturated rings. The molecule has 0 bridgehead atoms. The van der Waals surface area contributed by atoms with Crippen LogP contribution in [0.3, 0.4) is 0 Å². The molecule has 157 valence electrons. The van der Waals surface area contributed by atoms with Crippen LogP contribution in [0.5, 0.6) is 0 Å². The molecule has 0 aromatic heterocycles. The molecule has 0 unspecified atom stereocenters. The van der Waals surface area contributed by atoms with Crippen molar-refractivity contribution in [3.63, 3.8) is 0 Å². The SMILES string of the molecule is F[P-](F)(F)(F)(F)F.[Br][Lr]([N]1CCCC1)([N]1CCCC1)[N]1CCCC1. The van der Waals surface area contributed by atoms with E-state index in [9.17, 15) is 25.2 Å². The molecule has 3 rings (SSSR count). The van der Waals surface area contributed by atoms with E-state index in [-0.39, 0.29) is 0 Å². The van der Waals surface area contributed by atoms with Crippen LogP contribution in [0.25, 0.3) is 0 Å². The maximum atomic E-state index is 9.87. The minimum absolute atomic E-state index is 1.34. The van der Waals surface area contributed by atoms with Crippen molar-refractivity contribution in [1.29, 1.82) is 0 Å². The van der Waals surface area contributed by atoms with Crippen molar-refractivity contribution in [2.75, 3.05) is 39.3 Å². The van der Waals surface area contributed by atoms with Crippen LogP contribution in [0.2, 0.25) is 0 Å². The molecule has 0 N–H and O–H groups in total. The summed E-state index contributed by atoms with van der Waals surface area (Å²) in [5, 5.41) is 8.53. The molecule has 24 heavy (non-hydrogen) atoms. The van der Waals surface area contributed by atoms with Crippen molar-refractivity contribution in [3.8, 4) is 0 Å². The van der Waals surface area contributed by atoms with E-state index in [0.717, 1.165) is 0 Å². The first-order valence-electron chi connectivity index (χ1n) is 7.86. The van der Waals surface area contributed by atoms with Gasteiger partial charge in [-0.1, -0.05) is 0 Å². The molecular weight excluding hydrogens is 673 g/mol. The molecule has 0 atom stereocenters. The average molecular weight is 697 g/mol. The summed E-state index contributed by atoms with van der Waals surface area (Å²) >= 11 is 4.32. The Balaban J connectivity index is 0.000000256. The van der Waals surface area contributed by atoms with Crippen molar-refractivity contribution in [3.05, 3.63) is 0 Å². The summed E-state index contributed by atoms with van der Waals surface area (Å²) in [6, 6.07) is 0. The summed E-state index contributed by atoms with van der Waals surface area (Å²) in [4.78, 5) is 0. The number of hydrogen-bond acceptors (Lipinski definition) is 3. The molecule has 0 aromatic carbocycles. The molecule has 3 aliphatic heterocycles. The van der Waals surface area contributed by atoms with E-state index >= 15 is 0 Å². The molecule has 12 heteroatoms. The van der Waals surface area contributed by atoms with Crippen molar-refractivity contribution < 1.29 is 25.2 Å². The first-order chi connectivity index (χ1) is 10.8. The number of rotatable bonds is 3. The molecule has 3 saturated heterocycles. The summed E-state index contributed by atoms with van der Waals surface area (Å²) in [6.07, 6.45) is 8.48. The van der Waals surface area contributed by atoms with Gasteiger partial charge in [0, 0.05) is 0 Å². The van der Waals surface area contributed by atoms with Gasteiger partial charge in [0.1, 0.15) is 0 Å². The predicted molar refractivity (Wildman–Crippen MR) is 84.9 cm³/mol. The summed E-state index contributed by atoms with van der Waals surface area (Å²) in [6.45, 7) is 8.04. The third-order valence-corrected chi connectivity index (χ3v) is 18.9. The molecule has 0 saturated carbocycles. The summed E-state index contributed by atoms with van der Waals surface area (Å²) in [7, 11) is -10.7. The molecule has 3 heterocycles. The van der Waals surface area contributed by atoms with Gasteiger partial charge in [0.05, 0.1) is 0 Å². The molecule has 3 aliphatic rings. The van der Waals surface area contributed by atoms with Crippen molar-refractivity contribution >= 4 is 24.8 Å². The first kappa shape index (κ1) is 19.7. The fourth-order valence-electron chi connectivity index (χ4n) is 2.67. The van der Waals surface area contributed by atoms with Crippen molar-refractivity contribution in [2.24, 2.45) is 0 Å². The maximum absolute atomic E-state index is 10.7. The Labute approximate surface area is 144 Å². The van der Waals surface area contributed by atoms with E-state index in [4.69, 9.17) is 0 Å². The molecule has 0 amide bonds. The van der Waals surface area contributed by atoms with Crippen molar-refractivity contribution in [2.45, 2.75) is 38.5 Å². The third-order valence-electron chi connectivity index (χ3n) is 3.62. The van der Waals surface area contributed by atoms with E-state index in [2.05, 4.69) is 32.9 Å². The second-order valence-electron chi connectivity index (χ2n) is 5.87. The summed E-state index contributed by atoms with van der Waals surface area (Å²) < 4.78 is 57.1. The Morgan fingerprint density at radius 3 is 0.875 bits per heavy atom. The quantitative estimate of drug-likeness (QED) is 0.270. The van der Waals surface area contributed by atoms with Gasteiger partial charge in [0.15, 0.2) is 0 Å². The van der Waals surface area contributed by atoms with Crippen LogP contribution in [0.1, 0.15) is 38.5 Å². The van der Waals surface area contributed by atoms with Crippen LogP contribution >= 0.6 is 24.8 Å². The second-order valence-corrected chi connectivity index (χ2v) is 19.4. The van der Waals surface area contributed by atoms with Crippen LogP contribution in [0.15, 0.2) is 0 Å². The zero-order valence-electron chi connectivity index (χ0n) is 13.2. The van der Waals surface area contributed by atoms with Crippen LogP contribution in [0.4, 0.5) is 25.2 Å². The van der Waals surface area contributed by atoms with Crippen LogP contribution < -0.4 is 0 Å². The van der Waals surface area contributed by atoms with E-state index in [1.165, 1.54) is 77.8 Å². The Morgan fingerprint density at radius 2 is 0.708 bits per heavy atom. The van der Waals surface area contributed by atoms with E-state index < -0.39 is 7.81 Å². The molecule has 0 radical (unpaired) electrons. The van der Waals surface area contributed by atoms with Gasteiger partial charge < -0.3 is 0 Å². The molecule has 3 nitrogen and oxygen atoms in total. The Kier molecular flexibility index (Phi) is 4.90. The van der Waals surface area contributed by atoms with Crippen LogP contribution in [0, 0.1) is 0 Å². The Hall–Kier alpha value is -0.630. The second kappa shape index (κ2) is 5.97. The number of hydrogen-bond donors (Lipinski definition) is 0. The summed E-state index contributed by atoms with van der Waals surface area (Å²) in [5.41, 5.74) is 0. The normalized spacial score (nSPS) is 27.6. The molecule has 0 spiro atoms. The fraction of sp³-hybridized carbons (Fsp3) is 1.00. The molecular formula is C12H24BrF6LrN3P-. The zero-order valence-corrected chi connectivity index (χ0v) is 17.8. The van der Waals surface area contributed by atoms with Gasteiger partial charge in [-0.3, -0.25) is 0 Å². The van der Waals surface area contributed by atoms with Gasteiger partial charge in [-0.05, 0) is 0 Å². The van der Waals surface area contributed by atoms with Crippen LogP contribution in [-0.2, 0) is 0 Å². The predicted octanol–water partition coefficient (Wildman–Crippen LogP) is 5.87. The Morgan fingerprint density at radius 1 is 0.542 bits per heavy atom. The number of nitrogens with zero attached hydrogens (tertiary/aromatic N) is 3. The van der Waals surface area contributed by atoms with E-state index in [1.807, 2.05) is 0 Å². The first-order valence-corrected chi connectivity index (χ1v) is 17.4. The topological polar surface area (TPSA) is 9.72 Å². The van der Waals surface area contributed by atoms with Gasteiger partial charge in [-0.25, -0.2) is 0 Å². The van der Waals surface area contributed by atoms with Gasteiger partial charge >= 0.3 is 144 Å². The van der Waals surface area contributed by atoms with Gasteiger partial charge in [-0.15, -0.1) is 0 Å². The van der Waals surface area contributed by atoms with Crippen molar-refractivity contribution in [1.82, 2.24) is 16.0 Å². The zero-order chi connectivity index (χ0) is 18.1. The molecule has 0 aromatic rings. The monoisotopic (exact) mass is 696 g/mol. The van der Waals surface area contributed by atoms with Gasteiger partial charge in [-0.2, -0.15) is 0 Å². The third kappa shape index (κ3) is 6.02. The summed E-state index contributed by atoms with van der Waals surface area (Å²) in [5.74, 6) is 0. The minimum atomic E-state index is -10.7. The van der Waals surface area contributed by atoms with Crippen LogP contribution in [-0.4, -0.2) is 55.2 Å². The Bertz CT molecular complexity index is 380. The average Bonchev–Trinajstić information content (AvgIpc) is 3.16. The fourth-order valence-corrected chi connectivity index (χ4v) is 16.1. The molecule has 0 aliphatic carbocycles. The number of halogens is 7. The van der Waals surface area contributed by atoms with Gasteiger partial charge in [0.25, 0.3) is 0 Å². The van der Waals surface area contributed by atoms with E-state index in [0.29, 0.717) is 0 Å².